The molecule has 0 unspecified atom stereocenters. The SMILES string of the molecule is CCNCCCc1ncc(-c2ccoc2Cl)o1. The largest absolute Gasteiger partial charge is 0.452 e. The molecule has 0 amide bonds. The first-order chi connectivity index (χ1) is 8.31. The predicted molar refractivity (Wildman–Crippen MR) is 66.1 cm³/mol. The normalized spacial score (nSPS) is 10.9. The summed E-state index contributed by atoms with van der Waals surface area (Å²) in [6, 6.07) is 1.77. The molecule has 0 aliphatic heterocycles. The Labute approximate surface area is 105 Å². The van der Waals surface area contributed by atoms with Crippen LogP contribution in [0.25, 0.3) is 11.3 Å². The molecule has 2 heterocycles. The summed E-state index contributed by atoms with van der Waals surface area (Å²) >= 11 is 5.86. The van der Waals surface area contributed by atoms with E-state index in [1.54, 1.807) is 12.3 Å². The van der Waals surface area contributed by atoms with Gasteiger partial charge in [-0.3, -0.25) is 0 Å². The molecule has 0 aliphatic rings. The summed E-state index contributed by atoms with van der Waals surface area (Å²) in [6.45, 7) is 4.05. The summed E-state index contributed by atoms with van der Waals surface area (Å²) in [5.41, 5.74) is 0.747. The van der Waals surface area contributed by atoms with Crippen molar-refractivity contribution in [3.05, 3.63) is 29.6 Å². The fourth-order valence-corrected chi connectivity index (χ4v) is 1.77. The van der Waals surface area contributed by atoms with Crippen molar-refractivity contribution in [1.82, 2.24) is 10.3 Å². The third-order valence-corrected chi connectivity index (χ3v) is 2.72. The molecule has 2 aromatic heterocycles. The van der Waals surface area contributed by atoms with E-state index in [9.17, 15) is 0 Å². The lowest BCUT2D eigenvalue weighted by atomic mass is 10.3. The maximum absolute atomic E-state index is 5.86. The number of hydrogen-bond acceptors (Lipinski definition) is 4. The van der Waals surface area contributed by atoms with Gasteiger partial charge in [-0.1, -0.05) is 6.92 Å². The number of rotatable bonds is 6. The van der Waals surface area contributed by atoms with E-state index in [0.29, 0.717) is 11.0 Å². The fourth-order valence-electron chi connectivity index (χ4n) is 1.56. The number of halogens is 1. The molecule has 0 aromatic carbocycles. The predicted octanol–water partition coefficient (Wildman–Crippen LogP) is 3.13. The minimum Gasteiger partial charge on any atom is -0.452 e. The Hall–Kier alpha value is -1.26. The van der Waals surface area contributed by atoms with Gasteiger partial charge in [-0.05, 0) is 37.2 Å². The van der Waals surface area contributed by atoms with Crippen LogP contribution < -0.4 is 5.32 Å². The van der Waals surface area contributed by atoms with Crippen LogP contribution in [0.1, 0.15) is 19.2 Å². The van der Waals surface area contributed by atoms with Crippen LogP contribution in [0.3, 0.4) is 0 Å². The highest BCUT2D eigenvalue weighted by Gasteiger charge is 2.11. The van der Waals surface area contributed by atoms with Crippen LogP contribution in [0, 0.1) is 0 Å². The van der Waals surface area contributed by atoms with E-state index in [1.165, 1.54) is 6.26 Å². The molecule has 0 saturated heterocycles. The van der Waals surface area contributed by atoms with E-state index in [4.69, 9.17) is 20.4 Å². The summed E-state index contributed by atoms with van der Waals surface area (Å²) in [4.78, 5) is 4.22. The zero-order valence-corrected chi connectivity index (χ0v) is 10.5. The van der Waals surface area contributed by atoms with Gasteiger partial charge in [0.15, 0.2) is 11.7 Å². The average Bonchev–Trinajstić information content (AvgIpc) is 2.93. The average molecular weight is 255 g/mol. The smallest absolute Gasteiger partial charge is 0.204 e. The van der Waals surface area contributed by atoms with Gasteiger partial charge in [-0.2, -0.15) is 0 Å². The van der Waals surface area contributed by atoms with Crippen LogP contribution in [-0.2, 0) is 6.42 Å². The number of aromatic nitrogens is 1. The van der Waals surface area contributed by atoms with Crippen molar-refractivity contribution >= 4 is 11.6 Å². The lowest BCUT2D eigenvalue weighted by molar-refractivity contribution is 0.492. The van der Waals surface area contributed by atoms with Crippen molar-refractivity contribution < 1.29 is 8.83 Å². The van der Waals surface area contributed by atoms with Crippen molar-refractivity contribution in [1.29, 1.82) is 0 Å². The number of nitrogens with zero attached hydrogens (tertiary/aromatic N) is 1. The van der Waals surface area contributed by atoms with E-state index >= 15 is 0 Å². The first kappa shape index (κ1) is 12.2. The van der Waals surface area contributed by atoms with Crippen molar-refractivity contribution in [2.75, 3.05) is 13.1 Å². The van der Waals surface area contributed by atoms with E-state index < -0.39 is 0 Å². The molecule has 0 spiro atoms. The molecule has 2 aromatic rings. The van der Waals surface area contributed by atoms with Gasteiger partial charge in [-0.25, -0.2) is 4.98 Å². The van der Waals surface area contributed by atoms with Crippen LogP contribution in [0.4, 0.5) is 0 Å². The molecule has 2 rings (SSSR count). The Morgan fingerprint density at radius 3 is 3.06 bits per heavy atom. The van der Waals surface area contributed by atoms with Crippen molar-refractivity contribution in [2.24, 2.45) is 0 Å². The summed E-state index contributed by atoms with van der Waals surface area (Å²) in [6.07, 6.45) is 5.04. The summed E-state index contributed by atoms with van der Waals surface area (Å²) in [5, 5.41) is 3.59. The Bertz CT molecular complexity index is 465. The standard InChI is InChI=1S/C12H15ClN2O2/c1-2-14-6-3-4-11-15-8-10(17-11)9-5-7-16-12(9)13/h5,7-8,14H,2-4,6H2,1H3. The fraction of sp³-hybridized carbons (Fsp3) is 0.417. The van der Waals surface area contributed by atoms with E-state index in [-0.39, 0.29) is 0 Å². The second-order valence-electron chi connectivity index (χ2n) is 3.68. The van der Waals surface area contributed by atoms with Gasteiger partial charge in [-0.15, -0.1) is 0 Å². The van der Waals surface area contributed by atoms with Gasteiger partial charge in [0, 0.05) is 6.42 Å². The maximum atomic E-state index is 5.86. The van der Waals surface area contributed by atoms with E-state index in [0.717, 1.165) is 37.4 Å². The molecule has 0 saturated carbocycles. The summed E-state index contributed by atoms with van der Waals surface area (Å²) in [7, 11) is 0. The third-order valence-electron chi connectivity index (χ3n) is 2.43. The number of oxazole rings is 1. The topological polar surface area (TPSA) is 51.2 Å². The minimum atomic E-state index is 0.334. The molecule has 0 fully saturated rings. The molecule has 0 atom stereocenters. The Balaban J connectivity index is 1.95. The number of hydrogen-bond donors (Lipinski definition) is 1. The van der Waals surface area contributed by atoms with Gasteiger partial charge < -0.3 is 14.2 Å². The molecule has 92 valence electrons. The molecule has 0 bridgehead atoms. The quantitative estimate of drug-likeness (QED) is 0.805. The first-order valence-corrected chi connectivity index (χ1v) is 6.08. The molecule has 0 radical (unpaired) electrons. The van der Waals surface area contributed by atoms with Gasteiger partial charge in [0.2, 0.25) is 5.22 Å². The van der Waals surface area contributed by atoms with Crippen LogP contribution in [0.2, 0.25) is 5.22 Å². The Morgan fingerprint density at radius 1 is 1.47 bits per heavy atom. The molecule has 17 heavy (non-hydrogen) atoms. The van der Waals surface area contributed by atoms with Gasteiger partial charge in [0.25, 0.3) is 0 Å². The third kappa shape index (κ3) is 3.11. The lowest BCUT2D eigenvalue weighted by Gasteiger charge is -1.98. The molecule has 1 N–H and O–H groups in total. The van der Waals surface area contributed by atoms with Gasteiger partial charge >= 0.3 is 0 Å². The van der Waals surface area contributed by atoms with Crippen molar-refractivity contribution in [3.8, 4) is 11.3 Å². The highest BCUT2D eigenvalue weighted by molar-refractivity contribution is 6.31. The number of furan rings is 1. The van der Waals surface area contributed by atoms with Crippen LogP contribution in [0.15, 0.2) is 27.4 Å². The zero-order chi connectivity index (χ0) is 12.1. The highest BCUT2D eigenvalue weighted by atomic mass is 35.5. The maximum Gasteiger partial charge on any atom is 0.204 e. The Kier molecular flexibility index (Phi) is 4.23. The monoisotopic (exact) mass is 254 g/mol. The summed E-state index contributed by atoms with van der Waals surface area (Å²) < 4.78 is 10.6. The second kappa shape index (κ2) is 5.89. The zero-order valence-electron chi connectivity index (χ0n) is 9.70. The second-order valence-corrected chi connectivity index (χ2v) is 4.03. The van der Waals surface area contributed by atoms with Gasteiger partial charge in [0.05, 0.1) is 18.0 Å². The lowest BCUT2D eigenvalue weighted by Crippen LogP contribution is -2.14. The van der Waals surface area contributed by atoms with Crippen LogP contribution >= 0.6 is 11.6 Å². The van der Waals surface area contributed by atoms with Crippen molar-refractivity contribution in [3.63, 3.8) is 0 Å². The van der Waals surface area contributed by atoms with Crippen LogP contribution in [0.5, 0.6) is 0 Å². The number of nitrogens with one attached hydrogen (secondary N) is 1. The molecule has 5 heteroatoms. The van der Waals surface area contributed by atoms with Gasteiger partial charge in [0.1, 0.15) is 0 Å². The van der Waals surface area contributed by atoms with E-state index in [2.05, 4.69) is 17.2 Å². The summed E-state index contributed by atoms with van der Waals surface area (Å²) in [5.74, 6) is 1.39. The molecular formula is C12H15ClN2O2. The molecular weight excluding hydrogens is 240 g/mol. The van der Waals surface area contributed by atoms with E-state index in [1.807, 2.05) is 0 Å². The first-order valence-electron chi connectivity index (χ1n) is 5.70. The molecule has 4 nitrogen and oxygen atoms in total. The van der Waals surface area contributed by atoms with Crippen molar-refractivity contribution in [2.45, 2.75) is 19.8 Å². The Morgan fingerprint density at radius 2 is 2.35 bits per heavy atom. The van der Waals surface area contributed by atoms with Crippen LogP contribution in [-0.4, -0.2) is 18.1 Å². The minimum absolute atomic E-state index is 0.334. The highest BCUT2D eigenvalue weighted by Crippen LogP contribution is 2.29. The molecule has 0 aliphatic carbocycles. The number of aryl methyl sites for hydroxylation is 1.